The Morgan fingerprint density at radius 1 is 0.396 bits per heavy atom. The molecule has 0 aliphatic heterocycles. The largest absolute Gasteiger partial charge is 0.462 e. The van der Waals surface area contributed by atoms with Gasteiger partial charge in [-0.3, -0.25) is 14.4 Å². The Morgan fingerprint density at radius 3 is 1.25 bits per heavy atom. The Labute approximate surface area is 325 Å². The van der Waals surface area contributed by atoms with Crippen molar-refractivity contribution in [2.75, 3.05) is 13.2 Å². The maximum Gasteiger partial charge on any atom is 0.306 e. The summed E-state index contributed by atoms with van der Waals surface area (Å²) in [4.78, 5) is 37.5. The highest BCUT2D eigenvalue weighted by atomic mass is 16.6. The van der Waals surface area contributed by atoms with Crippen molar-refractivity contribution in [1.29, 1.82) is 0 Å². The molecule has 0 rings (SSSR count). The normalized spacial score (nSPS) is 12.7. The lowest BCUT2D eigenvalue weighted by Gasteiger charge is -2.18. The smallest absolute Gasteiger partial charge is 0.306 e. The molecule has 0 spiro atoms. The van der Waals surface area contributed by atoms with Crippen LogP contribution in [0.15, 0.2) is 72.9 Å². The van der Waals surface area contributed by atoms with E-state index in [0.29, 0.717) is 19.3 Å². The third kappa shape index (κ3) is 39.9. The quantitative estimate of drug-likeness (QED) is 0.0273. The average Bonchev–Trinajstić information content (AvgIpc) is 3.15. The molecular weight excluding hydrogens is 661 g/mol. The van der Waals surface area contributed by atoms with Crippen LogP contribution in [0.5, 0.6) is 0 Å². The first-order chi connectivity index (χ1) is 26.0. The van der Waals surface area contributed by atoms with Crippen LogP contribution >= 0.6 is 0 Å². The Kier molecular flexibility index (Phi) is 39.1. The highest BCUT2D eigenvalue weighted by Gasteiger charge is 2.19. The summed E-state index contributed by atoms with van der Waals surface area (Å²) in [6, 6.07) is 0. The highest BCUT2D eigenvalue weighted by molar-refractivity contribution is 5.71. The second kappa shape index (κ2) is 41.6. The van der Waals surface area contributed by atoms with E-state index in [2.05, 4.69) is 93.7 Å². The van der Waals surface area contributed by atoms with Crippen LogP contribution in [-0.2, 0) is 28.6 Å². The van der Waals surface area contributed by atoms with Gasteiger partial charge in [0.1, 0.15) is 13.2 Å². The number of carbonyl (C=O) groups is 3. The van der Waals surface area contributed by atoms with E-state index in [1.807, 2.05) is 0 Å². The van der Waals surface area contributed by atoms with E-state index < -0.39 is 6.10 Å². The van der Waals surface area contributed by atoms with Crippen LogP contribution in [0.3, 0.4) is 0 Å². The van der Waals surface area contributed by atoms with Crippen molar-refractivity contribution in [2.24, 2.45) is 0 Å². The van der Waals surface area contributed by atoms with E-state index in [-0.39, 0.29) is 31.1 Å². The molecule has 0 heterocycles. The van der Waals surface area contributed by atoms with E-state index in [1.54, 1.807) is 0 Å². The molecule has 0 bridgehead atoms. The van der Waals surface area contributed by atoms with Crippen molar-refractivity contribution in [3.8, 4) is 0 Å². The minimum Gasteiger partial charge on any atom is -0.462 e. The molecule has 0 saturated carbocycles. The SMILES string of the molecule is CC/C=C\C/C=C\C/C=C\C/C=C\CCCCC(=O)OCC(COC(=O)CCCCCCCC)OC(=O)CCCCCCC/C=C\C/C=C\CCCC. The molecule has 0 radical (unpaired) electrons. The zero-order valence-corrected chi connectivity index (χ0v) is 34.3. The van der Waals surface area contributed by atoms with Gasteiger partial charge in [0.25, 0.3) is 0 Å². The fourth-order valence-corrected chi connectivity index (χ4v) is 5.45. The summed E-state index contributed by atoms with van der Waals surface area (Å²) in [5, 5.41) is 0. The Balaban J connectivity index is 4.41. The standard InChI is InChI=1S/C47H78O6/c1-4-7-10-13-16-18-20-22-24-26-27-29-31-34-37-40-46(49)52-43-44(42-51-45(48)39-36-33-15-12-9-6-3)53-47(50)41-38-35-32-30-28-25-23-21-19-17-14-11-8-5-2/h7,10,14,16-18,21-24,27,29,44H,4-6,8-9,11-13,15,19-20,25-26,28,30-43H2,1-3H3/b10-7-,17-14-,18-16-,23-21-,24-22-,29-27-. The van der Waals surface area contributed by atoms with Crippen molar-refractivity contribution >= 4 is 17.9 Å². The number of rotatable bonds is 37. The predicted molar refractivity (Wildman–Crippen MR) is 224 cm³/mol. The average molecular weight is 739 g/mol. The van der Waals surface area contributed by atoms with Gasteiger partial charge in [0, 0.05) is 19.3 Å². The van der Waals surface area contributed by atoms with Gasteiger partial charge in [-0.1, -0.05) is 158 Å². The zero-order valence-electron chi connectivity index (χ0n) is 34.3. The van der Waals surface area contributed by atoms with E-state index in [9.17, 15) is 14.4 Å². The Hall–Kier alpha value is -3.15. The number of allylic oxidation sites excluding steroid dienone is 12. The second-order valence-electron chi connectivity index (χ2n) is 13.9. The van der Waals surface area contributed by atoms with E-state index in [0.717, 1.165) is 109 Å². The molecule has 1 unspecified atom stereocenters. The van der Waals surface area contributed by atoms with Gasteiger partial charge in [0.05, 0.1) is 0 Å². The lowest BCUT2D eigenvalue weighted by molar-refractivity contribution is -0.167. The zero-order chi connectivity index (χ0) is 38.7. The van der Waals surface area contributed by atoms with Crippen LogP contribution < -0.4 is 0 Å². The van der Waals surface area contributed by atoms with Crippen molar-refractivity contribution in [3.05, 3.63) is 72.9 Å². The maximum atomic E-state index is 12.7. The first-order valence-corrected chi connectivity index (χ1v) is 21.4. The summed E-state index contributed by atoms with van der Waals surface area (Å²) in [5.41, 5.74) is 0. The Morgan fingerprint density at radius 2 is 0.755 bits per heavy atom. The van der Waals surface area contributed by atoms with Crippen LogP contribution in [0, 0.1) is 0 Å². The second-order valence-corrected chi connectivity index (χ2v) is 13.9. The van der Waals surface area contributed by atoms with Crippen molar-refractivity contribution < 1.29 is 28.6 Å². The lowest BCUT2D eigenvalue weighted by atomic mass is 10.1. The number of ether oxygens (including phenoxy) is 3. The summed E-state index contributed by atoms with van der Waals surface area (Å²) >= 11 is 0. The number of unbranched alkanes of at least 4 members (excludes halogenated alkanes) is 14. The highest BCUT2D eigenvalue weighted by Crippen LogP contribution is 2.12. The summed E-state index contributed by atoms with van der Waals surface area (Å²) in [7, 11) is 0. The van der Waals surface area contributed by atoms with Gasteiger partial charge < -0.3 is 14.2 Å². The van der Waals surface area contributed by atoms with Gasteiger partial charge in [-0.25, -0.2) is 0 Å². The van der Waals surface area contributed by atoms with E-state index >= 15 is 0 Å². The minimum atomic E-state index is -0.794. The van der Waals surface area contributed by atoms with Crippen LogP contribution in [0.4, 0.5) is 0 Å². The number of carbonyl (C=O) groups excluding carboxylic acids is 3. The molecule has 0 aromatic carbocycles. The molecule has 0 N–H and O–H groups in total. The van der Waals surface area contributed by atoms with Gasteiger partial charge in [0.15, 0.2) is 6.10 Å². The molecule has 53 heavy (non-hydrogen) atoms. The number of hydrogen-bond acceptors (Lipinski definition) is 6. The molecule has 0 aromatic rings. The molecule has 6 nitrogen and oxygen atoms in total. The van der Waals surface area contributed by atoms with Crippen LogP contribution in [0.25, 0.3) is 0 Å². The van der Waals surface area contributed by atoms with E-state index in [4.69, 9.17) is 14.2 Å². The molecule has 0 aromatic heterocycles. The first-order valence-electron chi connectivity index (χ1n) is 21.4. The molecule has 0 aliphatic carbocycles. The summed E-state index contributed by atoms with van der Waals surface area (Å²) in [6.07, 6.45) is 50.4. The van der Waals surface area contributed by atoms with Gasteiger partial charge in [-0.15, -0.1) is 0 Å². The van der Waals surface area contributed by atoms with Crippen molar-refractivity contribution in [1.82, 2.24) is 0 Å². The van der Waals surface area contributed by atoms with Crippen LogP contribution in [-0.4, -0.2) is 37.2 Å². The number of esters is 3. The van der Waals surface area contributed by atoms with Crippen molar-refractivity contribution in [3.63, 3.8) is 0 Å². The minimum absolute atomic E-state index is 0.0957. The molecule has 1 atom stereocenters. The van der Waals surface area contributed by atoms with Gasteiger partial charge in [-0.05, 0) is 83.5 Å². The van der Waals surface area contributed by atoms with Crippen LogP contribution in [0.2, 0.25) is 0 Å². The third-order valence-electron chi connectivity index (χ3n) is 8.70. The molecular formula is C47H78O6. The molecule has 0 aliphatic rings. The lowest BCUT2D eigenvalue weighted by Crippen LogP contribution is -2.30. The summed E-state index contributed by atoms with van der Waals surface area (Å²) in [6.45, 7) is 6.34. The van der Waals surface area contributed by atoms with E-state index in [1.165, 1.54) is 38.5 Å². The first kappa shape index (κ1) is 49.9. The monoisotopic (exact) mass is 739 g/mol. The summed E-state index contributed by atoms with van der Waals surface area (Å²) < 4.78 is 16.6. The predicted octanol–water partition coefficient (Wildman–Crippen LogP) is 13.5. The fourth-order valence-electron chi connectivity index (χ4n) is 5.45. The Bertz CT molecular complexity index is 1030. The van der Waals surface area contributed by atoms with Gasteiger partial charge in [0.2, 0.25) is 0 Å². The molecule has 6 heteroatoms. The molecule has 0 fully saturated rings. The number of hydrogen-bond donors (Lipinski definition) is 0. The van der Waals surface area contributed by atoms with Gasteiger partial charge >= 0.3 is 17.9 Å². The molecule has 0 saturated heterocycles. The third-order valence-corrected chi connectivity index (χ3v) is 8.70. The molecule has 302 valence electrons. The van der Waals surface area contributed by atoms with Gasteiger partial charge in [-0.2, -0.15) is 0 Å². The topological polar surface area (TPSA) is 78.9 Å². The van der Waals surface area contributed by atoms with Crippen molar-refractivity contribution in [2.45, 2.75) is 194 Å². The summed E-state index contributed by atoms with van der Waals surface area (Å²) in [5.74, 6) is -0.972. The molecule has 0 amide bonds. The van der Waals surface area contributed by atoms with Crippen LogP contribution in [0.1, 0.15) is 188 Å². The fraction of sp³-hybridized carbons (Fsp3) is 0.681. The maximum absolute atomic E-state index is 12.7.